The third-order valence-corrected chi connectivity index (χ3v) is 4.88. The lowest BCUT2D eigenvalue weighted by Crippen LogP contribution is -1.94. The van der Waals surface area contributed by atoms with Gasteiger partial charge in [-0.25, -0.2) is 9.37 Å². The normalized spacial score (nSPS) is 10.9. The Morgan fingerprint density at radius 3 is 2.75 bits per heavy atom. The summed E-state index contributed by atoms with van der Waals surface area (Å²) in [6.07, 6.45) is 0. The molecule has 0 bridgehead atoms. The van der Waals surface area contributed by atoms with Crippen LogP contribution in [0.2, 0.25) is 5.02 Å². The van der Waals surface area contributed by atoms with Crippen LogP contribution in [0.3, 0.4) is 0 Å². The summed E-state index contributed by atoms with van der Waals surface area (Å²) < 4.78 is 21.5. The molecule has 24 heavy (non-hydrogen) atoms. The van der Waals surface area contributed by atoms with E-state index in [1.165, 1.54) is 12.1 Å². The SMILES string of the molecule is N#Cc1cc2sc3ccccc3c2nc1Oc1ccc(Cl)cc1F. The van der Waals surface area contributed by atoms with Crippen molar-refractivity contribution in [3.63, 3.8) is 0 Å². The van der Waals surface area contributed by atoms with Gasteiger partial charge in [-0.15, -0.1) is 11.3 Å². The number of nitrogens with zero attached hydrogens (tertiary/aromatic N) is 2. The third kappa shape index (κ3) is 2.46. The fourth-order valence-corrected chi connectivity index (χ4v) is 3.68. The van der Waals surface area contributed by atoms with E-state index in [0.29, 0.717) is 0 Å². The molecular formula is C18H8ClFN2OS. The van der Waals surface area contributed by atoms with Gasteiger partial charge in [0, 0.05) is 15.1 Å². The van der Waals surface area contributed by atoms with Crippen LogP contribution in [-0.2, 0) is 0 Å². The summed E-state index contributed by atoms with van der Waals surface area (Å²) in [6.45, 7) is 0. The first-order chi connectivity index (χ1) is 11.7. The highest BCUT2D eigenvalue weighted by Gasteiger charge is 2.15. The van der Waals surface area contributed by atoms with E-state index in [2.05, 4.69) is 11.1 Å². The van der Waals surface area contributed by atoms with Gasteiger partial charge in [-0.3, -0.25) is 0 Å². The molecule has 6 heteroatoms. The molecule has 0 atom stereocenters. The number of rotatable bonds is 2. The Labute approximate surface area is 145 Å². The number of thiophene rings is 1. The van der Waals surface area contributed by atoms with Crippen LogP contribution < -0.4 is 4.74 Å². The van der Waals surface area contributed by atoms with Gasteiger partial charge in [0.15, 0.2) is 11.6 Å². The van der Waals surface area contributed by atoms with Crippen molar-refractivity contribution in [2.24, 2.45) is 0 Å². The standard InChI is InChI=1S/C18H8ClFN2OS/c19-11-5-6-14(13(20)8-11)23-18-10(9-21)7-16-17(22-18)12-3-1-2-4-15(12)24-16/h1-8H. The minimum absolute atomic E-state index is 0.0257. The molecular weight excluding hydrogens is 347 g/mol. The highest BCUT2D eigenvalue weighted by atomic mass is 35.5. The Morgan fingerprint density at radius 2 is 1.96 bits per heavy atom. The van der Waals surface area contributed by atoms with Crippen molar-refractivity contribution >= 4 is 43.2 Å². The molecule has 0 saturated heterocycles. The van der Waals surface area contributed by atoms with Crippen molar-refractivity contribution < 1.29 is 9.13 Å². The van der Waals surface area contributed by atoms with Crippen LogP contribution in [0.15, 0.2) is 48.5 Å². The first-order valence-corrected chi connectivity index (χ1v) is 8.20. The third-order valence-electron chi connectivity index (χ3n) is 3.54. The number of hydrogen-bond donors (Lipinski definition) is 0. The van der Waals surface area contributed by atoms with Crippen molar-refractivity contribution in [3.05, 3.63) is 64.9 Å². The molecule has 2 heterocycles. The van der Waals surface area contributed by atoms with Crippen molar-refractivity contribution in [1.82, 2.24) is 4.98 Å². The number of ether oxygens (including phenoxy) is 1. The maximum Gasteiger partial charge on any atom is 0.238 e. The number of hydrogen-bond acceptors (Lipinski definition) is 4. The summed E-state index contributed by atoms with van der Waals surface area (Å²) in [5.74, 6) is -0.555. The van der Waals surface area contributed by atoms with E-state index in [-0.39, 0.29) is 22.2 Å². The molecule has 0 unspecified atom stereocenters. The average Bonchev–Trinajstić information content (AvgIpc) is 2.94. The zero-order valence-electron chi connectivity index (χ0n) is 12.1. The van der Waals surface area contributed by atoms with Gasteiger partial charge < -0.3 is 4.74 Å². The maximum atomic E-state index is 14.0. The lowest BCUT2D eigenvalue weighted by Gasteiger charge is -2.08. The largest absolute Gasteiger partial charge is 0.435 e. The Hall–Kier alpha value is -2.68. The first kappa shape index (κ1) is 14.9. The van der Waals surface area contributed by atoms with Gasteiger partial charge in [-0.2, -0.15) is 5.26 Å². The van der Waals surface area contributed by atoms with Crippen LogP contribution in [0.1, 0.15) is 5.56 Å². The monoisotopic (exact) mass is 354 g/mol. The van der Waals surface area contributed by atoms with Crippen molar-refractivity contribution in [1.29, 1.82) is 5.26 Å². The fourth-order valence-electron chi connectivity index (χ4n) is 2.44. The van der Waals surface area contributed by atoms with Gasteiger partial charge in [0.25, 0.3) is 0 Å². The molecule has 0 saturated carbocycles. The lowest BCUT2D eigenvalue weighted by molar-refractivity contribution is 0.428. The maximum absolute atomic E-state index is 14.0. The highest BCUT2D eigenvalue weighted by molar-refractivity contribution is 7.25. The van der Waals surface area contributed by atoms with E-state index in [0.717, 1.165) is 26.4 Å². The number of nitriles is 1. The topological polar surface area (TPSA) is 45.9 Å². The number of halogens is 2. The molecule has 0 aliphatic heterocycles. The summed E-state index contributed by atoms with van der Waals surface area (Å²) in [7, 11) is 0. The summed E-state index contributed by atoms with van der Waals surface area (Å²) in [5, 5.41) is 10.6. The Bertz CT molecular complexity index is 1130. The molecule has 0 aliphatic rings. The summed E-state index contributed by atoms with van der Waals surface area (Å²) >= 11 is 7.30. The van der Waals surface area contributed by atoms with Gasteiger partial charge >= 0.3 is 0 Å². The molecule has 0 aliphatic carbocycles. The first-order valence-electron chi connectivity index (χ1n) is 7.01. The minimum atomic E-state index is -0.608. The quantitative estimate of drug-likeness (QED) is 0.449. The van der Waals surface area contributed by atoms with Gasteiger partial charge in [-0.1, -0.05) is 29.8 Å². The summed E-state index contributed by atoms with van der Waals surface area (Å²) in [5.41, 5.74) is 0.988. The molecule has 2 aromatic heterocycles. The number of fused-ring (bicyclic) bond motifs is 3. The minimum Gasteiger partial charge on any atom is -0.435 e. The van der Waals surface area contributed by atoms with Gasteiger partial charge in [0.1, 0.15) is 11.6 Å². The molecule has 0 radical (unpaired) electrons. The average molecular weight is 355 g/mol. The number of benzene rings is 2. The van der Waals surface area contributed by atoms with Crippen molar-refractivity contribution in [3.8, 4) is 17.7 Å². The number of pyridine rings is 1. The van der Waals surface area contributed by atoms with E-state index in [1.54, 1.807) is 17.4 Å². The molecule has 2 aromatic carbocycles. The molecule has 0 N–H and O–H groups in total. The molecule has 3 nitrogen and oxygen atoms in total. The Kier molecular flexibility index (Phi) is 3.57. The van der Waals surface area contributed by atoms with Crippen molar-refractivity contribution in [2.75, 3.05) is 0 Å². The summed E-state index contributed by atoms with van der Waals surface area (Å²) in [6, 6.07) is 15.7. The fraction of sp³-hybridized carbons (Fsp3) is 0. The second kappa shape index (κ2) is 5.75. The van der Waals surface area contributed by atoms with Crippen LogP contribution in [0.5, 0.6) is 11.6 Å². The van der Waals surface area contributed by atoms with E-state index in [4.69, 9.17) is 16.3 Å². The van der Waals surface area contributed by atoms with Crippen LogP contribution in [0.4, 0.5) is 4.39 Å². The van der Waals surface area contributed by atoms with Crippen LogP contribution in [0, 0.1) is 17.1 Å². The predicted molar refractivity (Wildman–Crippen MR) is 93.3 cm³/mol. The van der Waals surface area contributed by atoms with E-state index >= 15 is 0 Å². The van der Waals surface area contributed by atoms with Crippen LogP contribution in [-0.4, -0.2) is 4.98 Å². The second-order valence-corrected chi connectivity index (χ2v) is 6.59. The van der Waals surface area contributed by atoms with Crippen LogP contribution in [0.25, 0.3) is 20.3 Å². The molecule has 0 spiro atoms. The molecule has 0 amide bonds. The van der Waals surface area contributed by atoms with Crippen molar-refractivity contribution in [2.45, 2.75) is 0 Å². The Balaban J connectivity index is 1.90. The van der Waals surface area contributed by atoms with Gasteiger partial charge in [0.05, 0.1) is 10.2 Å². The second-order valence-electron chi connectivity index (χ2n) is 5.07. The van der Waals surface area contributed by atoms with E-state index in [1.807, 2.05) is 24.3 Å². The molecule has 4 rings (SSSR count). The smallest absolute Gasteiger partial charge is 0.238 e. The predicted octanol–water partition coefficient (Wildman–Crippen LogP) is 5.91. The molecule has 4 aromatic rings. The van der Waals surface area contributed by atoms with Gasteiger partial charge in [0.2, 0.25) is 5.88 Å². The highest BCUT2D eigenvalue weighted by Crippen LogP contribution is 2.36. The number of aromatic nitrogens is 1. The molecule has 116 valence electrons. The summed E-state index contributed by atoms with van der Waals surface area (Å²) in [4.78, 5) is 4.46. The molecule has 0 fully saturated rings. The van der Waals surface area contributed by atoms with E-state index in [9.17, 15) is 9.65 Å². The lowest BCUT2D eigenvalue weighted by atomic mass is 10.2. The van der Waals surface area contributed by atoms with Crippen LogP contribution >= 0.6 is 22.9 Å². The van der Waals surface area contributed by atoms with E-state index < -0.39 is 5.82 Å². The van der Waals surface area contributed by atoms with Gasteiger partial charge in [-0.05, 0) is 30.3 Å². The zero-order valence-corrected chi connectivity index (χ0v) is 13.7. The Morgan fingerprint density at radius 1 is 1.12 bits per heavy atom. The zero-order chi connectivity index (χ0) is 16.7.